The van der Waals surface area contributed by atoms with Crippen molar-refractivity contribution in [2.45, 2.75) is 18.5 Å². The van der Waals surface area contributed by atoms with Gasteiger partial charge in [0, 0.05) is 41.3 Å². The Labute approximate surface area is 188 Å². The molecule has 0 radical (unpaired) electrons. The molecule has 0 unspecified atom stereocenters. The van der Waals surface area contributed by atoms with E-state index >= 15 is 0 Å². The molecule has 1 saturated heterocycles. The Kier molecular flexibility index (Phi) is 5.83. The molecular formula is C20H19FN6O3S2. The molecule has 4 rings (SSSR count). The number of hydrogen-bond acceptors (Lipinski definition) is 6. The Morgan fingerprint density at radius 2 is 2.12 bits per heavy atom. The molecule has 1 fully saturated rings. The Morgan fingerprint density at radius 3 is 2.81 bits per heavy atom. The first-order valence-electron chi connectivity index (χ1n) is 9.52. The summed E-state index contributed by atoms with van der Waals surface area (Å²) in [4.78, 5) is 14.6. The topological polar surface area (TPSA) is 120 Å². The molecule has 1 aliphatic rings. The highest BCUT2D eigenvalue weighted by molar-refractivity contribution is 7.87. The number of nitrogens with one attached hydrogen (secondary N) is 2. The number of thiophene rings is 1. The minimum Gasteiger partial charge on any atom is -0.325 e. The lowest BCUT2D eigenvalue weighted by Crippen LogP contribution is -2.55. The standard InChI is InChI=1S/C20H19FN6O3S2/c1-26-11-13(10-23-26)18-5-6-19(31-18)16-8-17(27(2)32(29,30)25-16)20(28)24-14-3-4-15(21)12(7-14)9-22/h3-7,10-11,16-17,25H,8H2,1-2H3,(H,24,28)/t16-,17+/m0/s1. The number of aryl methyl sites for hydroxylation is 1. The predicted octanol–water partition coefficient (Wildman–Crippen LogP) is 2.38. The van der Waals surface area contributed by atoms with Crippen LogP contribution in [-0.2, 0) is 22.1 Å². The number of benzene rings is 1. The Bertz CT molecular complexity index is 1330. The monoisotopic (exact) mass is 474 g/mol. The van der Waals surface area contributed by atoms with E-state index in [9.17, 15) is 17.6 Å². The van der Waals surface area contributed by atoms with Crippen molar-refractivity contribution in [3.63, 3.8) is 0 Å². The first-order chi connectivity index (χ1) is 15.2. The number of carbonyl (C=O) groups is 1. The van der Waals surface area contributed by atoms with Gasteiger partial charge in [-0.25, -0.2) is 4.39 Å². The minimum atomic E-state index is -3.92. The summed E-state index contributed by atoms with van der Waals surface area (Å²) >= 11 is 1.42. The van der Waals surface area contributed by atoms with Crippen molar-refractivity contribution in [2.24, 2.45) is 7.05 Å². The van der Waals surface area contributed by atoms with Crippen molar-refractivity contribution < 1.29 is 17.6 Å². The van der Waals surface area contributed by atoms with Crippen LogP contribution in [0.3, 0.4) is 0 Å². The Hall–Kier alpha value is -3.11. The van der Waals surface area contributed by atoms with Gasteiger partial charge in [0.15, 0.2) is 0 Å². The van der Waals surface area contributed by atoms with Crippen LogP contribution in [0.1, 0.15) is 22.9 Å². The number of amides is 1. The lowest BCUT2D eigenvalue weighted by molar-refractivity contribution is -0.120. The van der Waals surface area contributed by atoms with E-state index in [1.807, 2.05) is 25.4 Å². The molecule has 2 N–H and O–H groups in total. The first kappa shape index (κ1) is 22.1. The number of nitrogens with zero attached hydrogens (tertiary/aromatic N) is 4. The molecule has 9 nitrogen and oxygen atoms in total. The number of aromatic nitrogens is 2. The number of halogens is 1. The lowest BCUT2D eigenvalue weighted by atomic mass is 10.1. The number of likely N-dealkylation sites (N-methyl/N-ethyl adjacent to an activating group) is 1. The first-order valence-corrected chi connectivity index (χ1v) is 11.8. The van der Waals surface area contributed by atoms with Crippen LogP contribution in [0.15, 0.2) is 42.7 Å². The number of rotatable bonds is 4. The second-order valence-electron chi connectivity index (χ2n) is 7.34. The highest BCUT2D eigenvalue weighted by Crippen LogP contribution is 2.36. The van der Waals surface area contributed by atoms with Crippen LogP contribution in [0, 0.1) is 17.1 Å². The highest BCUT2D eigenvalue weighted by atomic mass is 32.2. The number of anilines is 1. The highest BCUT2D eigenvalue weighted by Gasteiger charge is 2.41. The van der Waals surface area contributed by atoms with Crippen LogP contribution in [0.2, 0.25) is 0 Å². The van der Waals surface area contributed by atoms with Crippen molar-refractivity contribution in [2.75, 3.05) is 12.4 Å². The van der Waals surface area contributed by atoms with Crippen LogP contribution < -0.4 is 10.0 Å². The predicted molar refractivity (Wildman–Crippen MR) is 117 cm³/mol. The number of hydrogen-bond donors (Lipinski definition) is 2. The lowest BCUT2D eigenvalue weighted by Gasteiger charge is -2.35. The number of nitriles is 1. The third kappa shape index (κ3) is 4.28. The number of carbonyl (C=O) groups excluding carboxylic acids is 1. The van der Waals surface area contributed by atoms with E-state index in [-0.39, 0.29) is 17.7 Å². The summed E-state index contributed by atoms with van der Waals surface area (Å²) in [6, 6.07) is 7.45. The van der Waals surface area contributed by atoms with E-state index in [1.165, 1.54) is 30.5 Å². The smallest absolute Gasteiger partial charge is 0.280 e. The van der Waals surface area contributed by atoms with Gasteiger partial charge in [0.25, 0.3) is 10.2 Å². The molecular weight excluding hydrogens is 455 g/mol. The van der Waals surface area contributed by atoms with Gasteiger partial charge in [-0.15, -0.1) is 11.3 Å². The van der Waals surface area contributed by atoms with Gasteiger partial charge in [-0.05, 0) is 36.8 Å². The van der Waals surface area contributed by atoms with Crippen LogP contribution in [-0.4, -0.2) is 41.5 Å². The molecule has 3 heterocycles. The fraction of sp³-hybridized carbons (Fsp3) is 0.250. The van der Waals surface area contributed by atoms with Gasteiger partial charge in [0.2, 0.25) is 5.91 Å². The molecule has 12 heteroatoms. The molecule has 0 saturated carbocycles. The van der Waals surface area contributed by atoms with Crippen molar-refractivity contribution >= 4 is 33.1 Å². The second kappa shape index (κ2) is 8.44. The second-order valence-corrected chi connectivity index (χ2v) is 10.2. The van der Waals surface area contributed by atoms with E-state index in [1.54, 1.807) is 16.9 Å². The molecule has 166 valence electrons. The van der Waals surface area contributed by atoms with Gasteiger partial charge >= 0.3 is 0 Å². The molecule has 0 spiro atoms. The van der Waals surface area contributed by atoms with Crippen LogP contribution in [0.4, 0.5) is 10.1 Å². The van der Waals surface area contributed by atoms with Gasteiger partial charge in [-0.1, -0.05) is 0 Å². The zero-order valence-corrected chi connectivity index (χ0v) is 18.7. The van der Waals surface area contributed by atoms with Crippen LogP contribution in [0.5, 0.6) is 0 Å². The van der Waals surface area contributed by atoms with E-state index in [4.69, 9.17) is 5.26 Å². The van der Waals surface area contributed by atoms with Gasteiger partial charge in [-0.2, -0.15) is 27.8 Å². The average molecular weight is 475 g/mol. The molecule has 2 atom stereocenters. The van der Waals surface area contributed by atoms with Crippen molar-refractivity contribution in [3.05, 3.63) is 59.0 Å². The van der Waals surface area contributed by atoms with E-state index in [0.717, 1.165) is 25.7 Å². The quantitative estimate of drug-likeness (QED) is 0.602. The summed E-state index contributed by atoms with van der Waals surface area (Å²) in [6.45, 7) is 0. The van der Waals surface area contributed by atoms with E-state index in [0.29, 0.717) is 0 Å². The molecule has 32 heavy (non-hydrogen) atoms. The fourth-order valence-electron chi connectivity index (χ4n) is 3.45. The summed E-state index contributed by atoms with van der Waals surface area (Å²) in [6.07, 6.45) is 3.78. The van der Waals surface area contributed by atoms with Crippen molar-refractivity contribution in [3.8, 4) is 16.5 Å². The molecule has 0 aliphatic carbocycles. The Balaban J connectivity index is 1.57. The SMILES string of the molecule is CN1[C@@H](C(=O)Nc2ccc(F)c(C#N)c2)C[C@@H](c2ccc(-c3cnn(C)c3)s2)NS1(=O)=O. The molecule has 1 aliphatic heterocycles. The minimum absolute atomic E-state index is 0.195. The maximum atomic E-state index is 13.6. The zero-order valence-electron chi connectivity index (χ0n) is 17.1. The third-order valence-corrected chi connectivity index (χ3v) is 8.03. The summed E-state index contributed by atoms with van der Waals surface area (Å²) in [5, 5.41) is 15.7. The maximum Gasteiger partial charge on any atom is 0.280 e. The molecule has 1 aromatic carbocycles. The fourth-order valence-corrected chi connectivity index (χ4v) is 5.84. The summed E-state index contributed by atoms with van der Waals surface area (Å²) in [5.74, 6) is -1.27. The van der Waals surface area contributed by atoms with Crippen LogP contribution in [0.25, 0.3) is 10.4 Å². The van der Waals surface area contributed by atoms with Gasteiger partial charge in [0.1, 0.15) is 17.9 Å². The van der Waals surface area contributed by atoms with Gasteiger partial charge in [-0.3, -0.25) is 9.48 Å². The summed E-state index contributed by atoms with van der Waals surface area (Å²) in [5.41, 5.74) is 0.913. The van der Waals surface area contributed by atoms with Crippen molar-refractivity contribution in [1.82, 2.24) is 18.8 Å². The summed E-state index contributed by atoms with van der Waals surface area (Å²) in [7, 11) is -0.780. The van der Waals surface area contributed by atoms with Crippen LogP contribution >= 0.6 is 11.3 Å². The molecule has 1 amide bonds. The van der Waals surface area contributed by atoms with Gasteiger partial charge < -0.3 is 5.32 Å². The molecule has 2 aromatic heterocycles. The van der Waals surface area contributed by atoms with Gasteiger partial charge in [0.05, 0.1) is 17.8 Å². The normalized spacial score (nSPS) is 20.6. The van der Waals surface area contributed by atoms with Crippen molar-refractivity contribution in [1.29, 1.82) is 5.26 Å². The molecule has 3 aromatic rings. The van der Waals surface area contributed by atoms with E-state index < -0.39 is 34.0 Å². The Morgan fingerprint density at radius 1 is 1.34 bits per heavy atom. The largest absolute Gasteiger partial charge is 0.325 e. The van der Waals surface area contributed by atoms with E-state index in [2.05, 4.69) is 15.1 Å². The zero-order chi connectivity index (χ0) is 23.0. The molecule has 0 bridgehead atoms. The maximum absolute atomic E-state index is 13.6. The third-order valence-electron chi connectivity index (χ3n) is 5.18. The summed E-state index contributed by atoms with van der Waals surface area (Å²) < 4.78 is 44.2. The average Bonchev–Trinajstić information content (AvgIpc) is 3.40.